The van der Waals surface area contributed by atoms with Gasteiger partial charge in [0.25, 0.3) is 5.91 Å². The van der Waals surface area contributed by atoms with E-state index in [1.54, 1.807) is 48.2 Å². The van der Waals surface area contributed by atoms with Gasteiger partial charge in [-0.05, 0) is 54.8 Å². The molecule has 0 spiro atoms. The van der Waals surface area contributed by atoms with E-state index in [2.05, 4.69) is 15.4 Å². The first kappa shape index (κ1) is 26.4. The smallest absolute Gasteiger partial charge is 0.335 e. The molecular formula is C27H26FN5O5. The minimum atomic E-state index is -1.05. The second kappa shape index (κ2) is 11.2. The Hall–Kier alpha value is -4.64. The summed E-state index contributed by atoms with van der Waals surface area (Å²) in [5, 5.41) is 25.7. The van der Waals surface area contributed by atoms with Gasteiger partial charge in [0.05, 0.1) is 24.0 Å². The number of rotatable bonds is 10. The lowest BCUT2D eigenvalue weighted by Gasteiger charge is -2.28. The van der Waals surface area contributed by atoms with E-state index in [0.717, 1.165) is 5.56 Å². The summed E-state index contributed by atoms with van der Waals surface area (Å²) in [6, 6.07) is 13.7. The molecule has 0 bridgehead atoms. The molecule has 0 radical (unpaired) electrons. The standard InChI is InChI=1S/C27H26FN5O5/c1-16-3-4-18(11-22(16)28)13-29-26(36)23-12-21(33-24(31-23)9-10-30-33)14-32(15-25(34)35)17(2)19-5-7-20(8-6-19)27(37)38/h3-12,17H,13-15H2,1-2H3,(H,29,36)(H,34,35)(H,37,38)/t17-/m1/s1. The van der Waals surface area contributed by atoms with Crippen molar-refractivity contribution in [2.75, 3.05) is 6.54 Å². The summed E-state index contributed by atoms with van der Waals surface area (Å²) in [4.78, 5) is 41.9. The number of fused-ring (bicyclic) bond motifs is 1. The summed E-state index contributed by atoms with van der Waals surface area (Å²) in [7, 11) is 0. The molecule has 196 valence electrons. The predicted octanol–water partition coefficient (Wildman–Crippen LogP) is 3.45. The normalized spacial score (nSPS) is 12.0. The number of hydrogen-bond donors (Lipinski definition) is 3. The highest BCUT2D eigenvalue weighted by Crippen LogP contribution is 2.23. The molecule has 0 aliphatic heterocycles. The van der Waals surface area contributed by atoms with E-state index in [1.807, 2.05) is 6.92 Å². The molecule has 10 nitrogen and oxygen atoms in total. The van der Waals surface area contributed by atoms with E-state index in [-0.39, 0.29) is 36.7 Å². The topological polar surface area (TPSA) is 137 Å². The van der Waals surface area contributed by atoms with E-state index < -0.39 is 23.9 Å². The van der Waals surface area contributed by atoms with Gasteiger partial charge in [0.15, 0.2) is 5.65 Å². The van der Waals surface area contributed by atoms with Crippen LogP contribution in [0.2, 0.25) is 0 Å². The Morgan fingerprint density at radius 1 is 1.08 bits per heavy atom. The third-order valence-corrected chi connectivity index (χ3v) is 6.25. The van der Waals surface area contributed by atoms with Gasteiger partial charge in [-0.25, -0.2) is 18.7 Å². The maximum Gasteiger partial charge on any atom is 0.335 e. The number of aromatic carboxylic acids is 1. The zero-order valence-corrected chi connectivity index (χ0v) is 20.8. The van der Waals surface area contributed by atoms with E-state index in [9.17, 15) is 23.9 Å². The molecule has 0 saturated heterocycles. The highest BCUT2D eigenvalue weighted by Gasteiger charge is 2.22. The van der Waals surface area contributed by atoms with Crippen LogP contribution >= 0.6 is 0 Å². The van der Waals surface area contributed by atoms with Crippen LogP contribution in [0.5, 0.6) is 0 Å². The molecule has 0 fully saturated rings. The molecule has 2 heterocycles. The Morgan fingerprint density at radius 3 is 2.47 bits per heavy atom. The van der Waals surface area contributed by atoms with Crippen molar-refractivity contribution in [2.45, 2.75) is 33.0 Å². The fraction of sp³-hybridized carbons (Fsp3) is 0.222. The molecule has 1 amide bonds. The number of carbonyl (C=O) groups excluding carboxylic acids is 1. The number of carboxylic acids is 2. The number of aryl methyl sites for hydroxylation is 1. The third kappa shape index (κ3) is 6.01. The maximum atomic E-state index is 13.9. The van der Waals surface area contributed by atoms with E-state index in [4.69, 9.17) is 5.11 Å². The van der Waals surface area contributed by atoms with Crippen molar-refractivity contribution in [3.05, 3.63) is 100 Å². The monoisotopic (exact) mass is 519 g/mol. The van der Waals surface area contributed by atoms with Crippen molar-refractivity contribution in [3.8, 4) is 0 Å². The Balaban J connectivity index is 1.59. The number of nitrogens with zero attached hydrogens (tertiary/aromatic N) is 4. The molecule has 4 rings (SSSR count). The minimum Gasteiger partial charge on any atom is -0.480 e. The van der Waals surface area contributed by atoms with Crippen LogP contribution in [-0.2, 0) is 17.9 Å². The van der Waals surface area contributed by atoms with Gasteiger partial charge >= 0.3 is 11.9 Å². The van der Waals surface area contributed by atoms with Crippen LogP contribution in [0.4, 0.5) is 4.39 Å². The van der Waals surface area contributed by atoms with Crippen LogP contribution in [0.15, 0.2) is 60.8 Å². The van der Waals surface area contributed by atoms with Crippen LogP contribution in [0.25, 0.3) is 5.65 Å². The van der Waals surface area contributed by atoms with Gasteiger partial charge in [-0.3, -0.25) is 14.5 Å². The summed E-state index contributed by atoms with van der Waals surface area (Å²) in [5.41, 5.74) is 3.00. The molecule has 1 atom stereocenters. The summed E-state index contributed by atoms with van der Waals surface area (Å²) < 4.78 is 15.4. The summed E-state index contributed by atoms with van der Waals surface area (Å²) in [5.74, 6) is -2.93. The zero-order valence-electron chi connectivity index (χ0n) is 20.8. The van der Waals surface area contributed by atoms with Crippen molar-refractivity contribution in [3.63, 3.8) is 0 Å². The maximum absolute atomic E-state index is 13.9. The Bertz CT molecular complexity index is 1500. The fourth-order valence-electron chi connectivity index (χ4n) is 4.05. The van der Waals surface area contributed by atoms with Crippen molar-refractivity contribution < 1.29 is 29.0 Å². The van der Waals surface area contributed by atoms with E-state index in [1.165, 1.54) is 28.9 Å². The molecule has 2 aromatic carbocycles. The largest absolute Gasteiger partial charge is 0.480 e. The predicted molar refractivity (Wildman–Crippen MR) is 135 cm³/mol. The van der Waals surface area contributed by atoms with Crippen molar-refractivity contribution in [1.82, 2.24) is 24.8 Å². The van der Waals surface area contributed by atoms with Crippen LogP contribution in [0, 0.1) is 12.7 Å². The number of nitrogens with one attached hydrogen (secondary N) is 1. The first-order chi connectivity index (χ1) is 18.1. The zero-order chi connectivity index (χ0) is 27.4. The average molecular weight is 520 g/mol. The van der Waals surface area contributed by atoms with Gasteiger partial charge < -0.3 is 15.5 Å². The molecule has 0 aliphatic rings. The molecule has 38 heavy (non-hydrogen) atoms. The average Bonchev–Trinajstić information content (AvgIpc) is 3.37. The van der Waals surface area contributed by atoms with Gasteiger partial charge in [-0.2, -0.15) is 5.10 Å². The van der Waals surface area contributed by atoms with Crippen molar-refractivity contribution in [1.29, 1.82) is 0 Å². The lowest BCUT2D eigenvalue weighted by Crippen LogP contribution is -2.33. The number of aliphatic carboxylic acids is 1. The van der Waals surface area contributed by atoms with Crippen LogP contribution in [0.1, 0.15) is 56.2 Å². The number of hydrogen-bond acceptors (Lipinski definition) is 6. The second-order valence-corrected chi connectivity index (χ2v) is 8.90. The third-order valence-electron chi connectivity index (χ3n) is 6.25. The number of carbonyl (C=O) groups is 3. The number of amides is 1. The quantitative estimate of drug-likeness (QED) is 0.290. The van der Waals surface area contributed by atoms with Crippen molar-refractivity contribution >= 4 is 23.5 Å². The molecule has 4 aromatic rings. The minimum absolute atomic E-state index is 0.103. The lowest BCUT2D eigenvalue weighted by molar-refractivity contribution is -0.139. The van der Waals surface area contributed by atoms with Crippen molar-refractivity contribution in [2.24, 2.45) is 0 Å². The highest BCUT2D eigenvalue weighted by molar-refractivity contribution is 5.92. The molecule has 0 unspecified atom stereocenters. The van der Waals surface area contributed by atoms with Gasteiger partial charge in [0.2, 0.25) is 0 Å². The molecule has 3 N–H and O–H groups in total. The summed E-state index contributed by atoms with van der Waals surface area (Å²) in [6.45, 7) is 3.37. The second-order valence-electron chi connectivity index (χ2n) is 8.90. The lowest BCUT2D eigenvalue weighted by atomic mass is 10.0. The first-order valence-corrected chi connectivity index (χ1v) is 11.8. The molecule has 0 aliphatic carbocycles. The van der Waals surface area contributed by atoms with Crippen LogP contribution < -0.4 is 5.32 Å². The SMILES string of the molecule is Cc1ccc(CNC(=O)c2cc(CN(CC(=O)O)[C@H](C)c3ccc(C(=O)O)cc3)n3nccc3n2)cc1F. The van der Waals surface area contributed by atoms with Crippen LogP contribution in [-0.4, -0.2) is 54.1 Å². The number of benzene rings is 2. The van der Waals surface area contributed by atoms with Gasteiger partial charge in [-0.1, -0.05) is 24.3 Å². The van der Waals surface area contributed by atoms with E-state index in [0.29, 0.717) is 22.5 Å². The number of aromatic nitrogens is 3. The fourth-order valence-corrected chi connectivity index (χ4v) is 4.05. The summed E-state index contributed by atoms with van der Waals surface area (Å²) in [6.07, 6.45) is 1.53. The Labute approximate surface area is 217 Å². The number of carboxylic acid groups (broad SMARTS) is 2. The highest BCUT2D eigenvalue weighted by atomic mass is 19.1. The molecule has 0 saturated carbocycles. The van der Waals surface area contributed by atoms with Gasteiger partial charge in [0.1, 0.15) is 11.5 Å². The Kier molecular flexibility index (Phi) is 7.77. The van der Waals surface area contributed by atoms with E-state index >= 15 is 0 Å². The van der Waals surface area contributed by atoms with Gasteiger partial charge in [0, 0.05) is 25.2 Å². The molecule has 2 aromatic heterocycles. The number of halogens is 1. The molecule has 11 heteroatoms. The van der Waals surface area contributed by atoms with Crippen LogP contribution in [0.3, 0.4) is 0 Å². The van der Waals surface area contributed by atoms with Gasteiger partial charge in [-0.15, -0.1) is 0 Å². The first-order valence-electron chi connectivity index (χ1n) is 11.8. The Morgan fingerprint density at radius 2 is 1.82 bits per heavy atom. The molecular weight excluding hydrogens is 493 g/mol. The summed E-state index contributed by atoms with van der Waals surface area (Å²) >= 11 is 0.